The molecule has 6 nitrogen and oxygen atoms in total. The van der Waals surface area contributed by atoms with Crippen LogP contribution < -0.4 is 4.90 Å². The molecule has 25 heavy (non-hydrogen) atoms. The number of hydrogen-bond acceptors (Lipinski definition) is 4. The molecule has 1 atom stereocenters. The molecule has 0 aliphatic carbocycles. The van der Waals surface area contributed by atoms with E-state index in [4.69, 9.17) is 0 Å². The number of nitrogens with zero attached hydrogens (tertiary/aromatic N) is 5. The molecule has 3 aromatic rings. The van der Waals surface area contributed by atoms with Gasteiger partial charge in [0.25, 0.3) is 5.91 Å². The second-order valence-corrected chi connectivity index (χ2v) is 6.52. The third-order valence-electron chi connectivity index (χ3n) is 4.94. The zero-order valence-electron chi connectivity index (χ0n) is 14.5. The first-order valence-electron chi connectivity index (χ1n) is 8.56. The number of pyridine rings is 1. The Kier molecular flexibility index (Phi) is 3.87. The van der Waals surface area contributed by atoms with Gasteiger partial charge in [0.2, 0.25) is 0 Å². The van der Waals surface area contributed by atoms with Gasteiger partial charge in [0.1, 0.15) is 6.33 Å². The maximum absolute atomic E-state index is 13.3. The minimum Gasteiger partial charge on any atom is -0.372 e. The smallest absolute Gasteiger partial charge is 0.255 e. The fourth-order valence-electron chi connectivity index (χ4n) is 3.55. The van der Waals surface area contributed by atoms with E-state index in [2.05, 4.69) is 41.2 Å². The lowest BCUT2D eigenvalue weighted by molar-refractivity contribution is 0.0667. The van der Waals surface area contributed by atoms with Crippen molar-refractivity contribution in [1.82, 2.24) is 19.5 Å². The van der Waals surface area contributed by atoms with Gasteiger partial charge in [0, 0.05) is 38.1 Å². The number of carbonyl (C=O) groups excluding carboxylic acids is 1. The van der Waals surface area contributed by atoms with Crippen molar-refractivity contribution in [3.05, 3.63) is 60.0 Å². The van der Waals surface area contributed by atoms with E-state index in [1.165, 1.54) is 11.3 Å². The molecule has 0 saturated carbocycles. The molecule has 1 amide bonds. The van der Waals surface area contributed by atoms with E-state index in [9.17, 15) is 4.79 Å². The summed E-state index contributed by atoms with van der Waals surface area (Å²) in [6.07, 6.45) is 4.35. The largest absolute Gasteiger partial charge is 0.372 e. The summed E-state index contributed by atoms with van der Waals surface area (Å²) in [6.45, 7) is 3.59. The van der Waals surface area contributed by atoms with Gasteiger partial charge in [-0.3, -0.25) is 9.20 Å². The van der Waals surface area contributed by atoms with Crippen LogP contribution in [0.3, 0.4) is 0 Å². The van der Waals surface area contributed by atoms with Crippen LogP contribution in [-0.2, 0) is 6.54 Å². The number of amides is 1. The number of para-hydroxylation sites is 1. The molecule has 128 valence electrons. The molecule has 0 bridgehead atoms. The normalized spacial score (nSPS) is 17.4. The van der Waals surface area contributed by atoms with Crippen molar-refractivity contribution in [3.8, 4) is 0 Å². The first kappa shape index (κ1) is 15.6. The number of rotatable bonds is 2. The van der Waals surface area contributed by atoms with Gasteiger partial charge in [-0.2, -0.15) is 0 Å². The van der Waals surface area contributed by atoms with Crippen LogP contribution in [0.25, 0.3) is 5.65 Å². The van der Waals surface area contributed by atoms with Gasteiger partial charge in [-0.1, -0.05) is 25.1 Å². The van der Waals surface area contributed by atoms with Gasteiger partial charge in [-0.25, -0.2) is 0 Å². The van der Waals surface area contributed by atoms with Crippen molar-refractivity contribution in [3.63, 3.8) is 0 Å². The van der Waals surface area contributed by atoms with E-state index in [1.54, 1.807) is 10.7 Å². The Labute approximate surface area is 146 Å². The van der Waals surface area contributed by atoms with Crippen LogP contribution in [0.5, 0.6) is 0 Å². The Morgan fingerprint density at radius 3 is 2.92 bits per heavy atom. The fourth-order valence-corrected chi connectivity index (χ4v) is 3.55. The average molecular weight is 335 g/mol. The predicted octanol–water partition coefficient (Wildman–Crippen LogP) is 2.60. The second kappa shape index (κ2) is 6.20. The van der Waals surface area contributed by atoms with Gasteiger partial charge in [-0.05, 0) is 30.2 Å². The number of likely N-dealkylation sites (N-methyl/N-ethyl adjacent to an activating group) is 1. The van der Waals surface area contributed by atoms with Crippen LogP contribution in [0.1, 0.15) is 29.3 Å². The fraction of sp³-hybridized carbons (Fsp3) is 0.316. The lowest BCUT2D eigenvalue weighted by atomic mass is 10.1. The number of carbonyl (C=O) groups is 1. The Morgan fingerprint density at radius 1 is 1.24 bits per heavy atom. The third-order valence-corrected chi connectivity index (χ3v) is 4.94. The van der Waals surface area contributed by atoms with Crippen molar-refractivity contribution in [2.75, 3.05) is 18.5 Å². The minimum atomic E-state index is 0.0487. The molecule has 0 N–H and O–H groups in total. The summed E-state index contributed by atoms with van der Waals surface area (Å²) in [5.74, 6) is 0.0487. The van der Waals surface area contributed by atoms with Crippen LogP contribution >= 0.6 is 0 Å². The van der Waals surface area contributed by atoms with Gasteiger partial charge < -0.3 is 9.80 Å². The molecule has 3 heterocycles. The van der Waals surface area contributed by atoms with E-state index in [1.807, 2.05) is 35.4 Å². The molecule has 1 unspecified atom stereocenters. The molecular weight excluding hydrogens is 314 g/mol. The summed E-state index contributed by atoms with van der Waals surface area (Å²) in [5.41, 5.74) is 3.78. The monoisotopic (exact) mass is 335 g/mol. The van der Waals surface area contributed by atoms with Crippen molar-refractivity contribution >= 4 is 17.2 Å². The number of benzene rings is 1. The quantitative estimate of drug-likeness (QED) is 0.722. The molecule has 1 aromatic carbocycles. The first-order valence-corrected chi connectivity index (χ1v) is 8.56. The zero-order chi connectivity index (χ0) is 17.4. The minimum absolute atomic E-state index is 0.0487. The molecule has 6 heteroatoms. The molecule has 1 aliphatic heterocycles. The molecule has 0 radical (unpaired) electrons. The van der Waals surface area contributed by atoms with Crippen LogP contribution in [0, 0.1) is 0 Å². The highest BCUT2D eigenvalue weighted by Crippen LogP contribution is 2.28. The van der Waals surface area contributed by atoms with Gasteiger partial charge in [-0.15, -0.1) is 10.2 Å². The second-order valence-electron chi connectivity index (χ2n) is 6.52. The van der Waals surface area contributed by atoms with Gasteiger partial charge in [0.15, 0.2) is 5.65 Å². The van der Waals surface area contributed by atoms with Crippen LogP contribution in [0.4, 0.5) is 5.69 Å². The first-order chi connectivity index (χ1) is 12.2. The maximum Gasteiger partial charge on any atom is 0.255 e. The number of anilines is 1. The number of hydrogen-bond donors (Lipinski definition) is 0. The highest BCUT2D eigenvalue weighted by atomic mass is 16.2. The van der Waals surface area contributed by atoms with E-state index in [0.29, 0.717) is 12.1 Å². The molecular formula is C19H21N5O. The maximum atomic E-state index is 13.3. The topological polar surface area (TPSA) is 53.7 Å². The molecule has 1 aliphatic rings. The Balaban J connectivity index is 1.72. The zero-order valence-corrected chi connectivity index (χ0v) is 14.5. The summed E-state index contributed by atoms with van der Waals surface area (Å²) >= 11 is 0. The summed E-state index contributed by atoms with van der Waals surface area (Å²) in [7, 11) is 2.10. The SMILES string of the molecule is CCC1CN(C)c2ccccc2CN1C(=O)c1ccc2nncn2c1. The lowest BCUT2D eigenvalue weighted by Crippen LogP contribution is -2.43. The Hall–Kier alpha value is -2.89. The highest BCUT2D eigenvalue weighted by Gasteiger charge is 2.29. The Morgan fingerprint density at radius 2 is 2.08 bits per heavy atom. The number of aromatic nitrogens is 3. The summed E-state index contributed by atoms with van der Waals surface area (Å²) in [4.78, 5) is 17.5. The summed E-state index contributed by atoms with van der Waals surface area (Å²) in [6, 6.07) is 12.1. The summed E-state index contributed by atoms with van der Waals surface area (Å²) in [5, 5.41) is 7.88. The van der Waals surface area contributed by atoms with Gasteiger partial charge >= 0.3 is 0 Å². The molecule has 2 aromatic heterocycles. The molecule has 0 fully saturated rings. The summed E-state index contributed by atoms with van der Waals surface area (Å²) < 4.78 is 1.78. The van der Waals surface area contributed by atoms with Crippen molar-refractivity contribution in [2.45, 2.75) is 25.9 Å². The van der Waals surface area contributed by atoms with Crippen molar-refractivity contribution in [1.29, 1.82) is 0 Å². The average Bonchev–Trinajstić information content (AvgIpc) is 3.06. The van der Waals surface area contributed by atoms with Crippen molar-refractivity contribution in [2.24, 2.45) is 0 Å². The standard InChI is InChI=1S/C19H21N5O/c1-3-16-12-22(2)17-7-5-4-6-14(17)11-24(16)19(25)15-8-9-18-21-20-13-23(18)10-15/h4-10,13,16H,3,11-12H2,1-2H3. The van der Waals surface area contributed by atoms with Crippen LogP contribution in [0.15, 0.2) is 48.9 Å². The molecule has 4 rings (SSSR count). The van der Waals surface area contributed by atoms with E-state index in [-0.39, 0.29) is 11.9 Å². The highest BCUT2D eigenvalue weighted by molar-refractivity contribution is 5.94. The number of fused-ring (bicyclic) bond motifs is 2. The predicted molar refractivity (Wildman–Crippen MR) is 96.7 cm³/mol. The van der Waals surface area contributed by atoms with Crippen molar-refractivity contribution < 1.29 is 4.79 Å². The van der Waals surface area contributed by atoms with E-state index < -0.39 is 0 Å². The van der Waals surface area contributed by atoms with E-state index in [0.717, 1.165) is 18.6 Å². The molecule has 0 saturated heterocycles. The lowest BCUT2D eigenvalue weighted by Gasteiger charge is -2.30. The van der Waals surface area contributed by atoms with E-state index >= 15 is 0 Å². The Bertz CT molecular complexity index is 919. The molecule has 0 spiro atoms. The third kappa shape index (κ3) is 2.73. The van der Waals surface area contributed by atoms with Gasteiger partial charge in [0.05, 0.1) is 5.56 Å². The van der Waals surface area contributed by atoms with Crippen LogP contribution in [0.2, 0.25) is 0 Å². The van der Waals surface area contributed by atoms with Crippen LogP contribution in [-0.4, -0.2) is 45.0 Å².